The van der Waals surface area contributed by atoms with Gasteiger partial charge in [0.05, 0.1) is 29.0 Å². The van der Waals surface area contributed by atoms with Gasteiger partial charge in [-0.25, -0.2) is 4.98 Å². The average Bonchev–Trinajstić information content (AvgIpc) is 2.81. The summed E-state index contributed by atoms with van der Waals surface area (Å²) in [5.41, 5.74) is 5.73. The van der Waals surface area contributed by atoms with E-state index in [1.54, 1.807) is 0 Å². The Morgan fingerprint density at radius 2 is 2.05 bits per heavy atom. The first-order valence-corrected chi connectivity index (χ1v) is 6.64. The van der Waals surface area contributed by atoms with Gasteiger partial charge in [-0.3, -0.25) is 4.98 Å². The van der Waals surface area contributed by atoms with Gasteiger partial charge in [-0.1, -0.05) is 0 Å². The van der Waals surface area contributed by atoms with E-state index in [1.165, 1.54) is 24.2 Å². The molecule has 0 radical (unpaired) electrons. The Kier molecular flexibility index (Phi) is 2.83. The van der Waals surface area contributed by atoms with E-state index < -0.39 is 0 Å². The molecule has 96 valence electrons. The van der Waals surface area contributed by atoms with Gasteiger partial charge in [-0.05, 0) is 45.6 Å². The molecule has 1 aliphatic rings. The molecule has 4 heteroatoms. The van der Waals surface area contributed by atoms with Crippen molar-refractivity contribution in [2.24, 2.45) is 0 Å². The van der Waals surface area contributed by atoms with Crippen molar-refractivity contribution in [3.05, 3.63) is 40.7 Å². The molecule has 0 fully saturated rings. The number of rotatable bonds is 1. The maximum Gasteiger partial charge on any atom is 0.103 e. The van der Waals surface area contributed by atoms with Crippen molar-refractivity contribution in [2.45, 2.75) is 39.5 Å². The topological polar surface area (TPSA) is 54.5 Å². The fraction of sp³-hybridized carbons (Fsp3) is 0.400. The van der Waals surface area contributed by atoms with E-state index in [0.29, 0.717) is 5.56 Å². The van der Waals surface area contributed by atoms with Crippen LogP contribution in [0.1, 0.15) is 41.2 Å². The van der Waals surface area contributed by atoms with Crippen LogP contribution in [0.2, 0.25) is 0 Å². The number of hydrogen-bond donors (Lipinski definition) is 0. The second-order valence-corrected chi connectivity index (χ2v) is 5.07. The summed E-state index contributed by atoms with van der Waals surface area (Å²) in [7, 11) is 0. The second kappa shape index (κ2) is 4.51. The van der Waals surface area contributed by atoms with Crippen molar-refractivity contribution in [1.82, 2.24) is 14.5 Å². The molecule has 2 aromatic rings. The lowest BCUT2D eigenvalue weighted by Crippen LogP contribution is -2.09. The molecule has 2 aromatic heterocycles. The van der Waals surface area contributed by atoms with E-state index in [1.807, 2.05) is 26.2 Å². The van der Waals surface area contributed by atoms with Crippen molar-refractivity contribution in [1.29, 1.82) is 5.26 Å². The highest BCUT2D eigenvalue weighted by Crippen LogP contribution is 2.25. The third-order valence-corrected chi connectivity index (χ3v) is 3.71. The quantitative estimate of drug-likeness (QED) is 0.784. The first kappa shape index (κ1) is 11.9. The normalized spacial score (nSPS) is 13.9. The zero-order valence-electron chi connectivity index (χ0n) is 11.3. The number of pyridine rings is 1. The molecule has 0 bridgehead atoms. The summed E-state index contributed by atoms with van der Waals surface area (Å²) in [4.78, 5) is 8.87. The predicted molar refractivity (Wildman–Crippen MR) is 72.2 cm³/mol. The highest BCUT2D eigenvalue weighted by molar-refractivity contribution is 5.53. The third kappa shape index (κ3) is 1.91. The molecule has 0 saturated carbocycles. The van der Waals surface area contributed by atoms with E-state index in [-0.39, 0.29) is 0 Å². The van der Waals surface area contributed by atoms with Crippen LogP contribution in [-0.2, 0) is 12.8 Å². The largest absolute Gasteiger partial charge is 0.302 e. The van der Waals surface area contributed by atoms with E-state index in [9.17, 15) is 5.26 Å². The maximum absolute atomic E-state index is 9.37. The molecular formula is C15H16N4. The third-order valence-electron chi connectivity index (χ3n) is 3.71. The van der Waals surface area contributed by atoms with Crippen LogP contribution >= 0.6 is 0 Å². The van der Waals surface area contributed by atoms with Crippen LogP contribution in [0.4, 0.5) is 0 Å². The van der Waals surface area contributed by atoms with Gasteiger partial charge in [-0.15, -0.1) is 0 Å². The van der Waals surface area contributed by atoms with Crippen molar-refractivity contribution in [2.75, 3.05) is 0 Å². The fourth-order valence-corrected chi connectivity index (χ4v) is 2.81. The van der Waals surface area contributed by atoms with Crippen molar-refractivity contribution in [3.8, 4) is 11.8 Å². The molecule has 2 heterocycles. The summed E-state index contributed by atoms with van der Waals surface area (Å²) < 4.78 is 2.08. The predicted octanol–water partition coefficient (Wildman–Crippen LogP) is 2.63. The van der Waals surface area contributed by atoms with Gasteiger partial charge >= 0.3 is 0 Å². The standard InChI is InChI=1S/C15H16N4/c1-10-7-15(12(8-16)11(2)18-10)19-9-17-13-5-3-4-6-14(13)19/h7,9H,3-6H2,1-2H3. The number of hydrogen-bond acceptors (Lipinski definition) is 3. The Morgan fingerprint density at radius 1 is 1.26 bits per heavy atom. The number of nitrogens with zero attached hydrogens (tertiary/aromatic N) is 4. The maximum atomic E-state index is 9.37. The Bertz CT molecular complexity index is 676. The van der Waals surface area contributed by atoms with Gasteiger partial charge in [-0.2, -0.15) is 5.26 Å². The summed E-state index contributed by atoms with van der Waals surface area (Å²) >= 11 is 0. The highest BCUT2D eigenvalue weighted by atomic mass is 15.1. The molecule has 4 nitrogen and oxygen atoms in total. The Morgan fingerprint density at radius 3 is 2.84 bits per heavy atom. The van der Waals surface area contributed by atoms with Crippen molar-refractivity contribution in [3.63, 3.8) is 0 Å². The fourth-order valence-electron chi connectivity index (χ4n) is 2.81. The van der Waals surface area contributed by atoms with Gasteiger partial charge in [0, 0.05) is 11.4 Å². The van der Waals surface area contributed by atoms with Crippen LogP contribution in [0.5, 0.6) is 0 Å². The second-order valence-electron chi connectivity index (χ2n) is 5.07. The van der Waals surface area contributed by atoms with Crippen LogP contribution in [0.3, 0.4) is 0 Å². The minimum absolute atomic E-state index is 0.649. The molecule has 0 atom stereocenters. The van der Waals surface area contributed by atoms with Crippen LogP contribution in [0, 0.1) is 25.2 Å². The number of aromatic nitrogens is 3. The zero-order valence-corrected chi connectivity index (χ0v) is 11.3. The van der Waals surface area contributed by atoms with Gasteiger partial charge in [0.15, 0.2) is 0 Å². The Hall–Kier alpha value is -2.15. The molecule has 3 rings (SSSR count). The minimum atomic E-state index is 0.649. The van der Waals surface area contributed by atoms with Crippen LogP contribution in [0.15, 0.2) is 12.4 Å². The molecular weight excluding hydrogens is 236 g/mol. The van der Waals surface area contributed by atoms with E-state index in [2.05, 4.69) is 20.6 Å². The van der Waals surface area contributed by atoms with Gasteiger partial charge < -0.3 is 4.57 Å². The van der Waals surface area contributed by atoms with E-state index in [0.717, 1.165) is 29.9 Å². The SMILES string of the molecule is Cc1cc(-n2cnc3c2CCCC3)c(C#N)c(C)n1. The molecule has 19 heavy (non-hydrogen) atoms. The van der Waals surface area contributed by atoms with Crippen molar-refractivity contribution >= 4 is 0 Å². The zero-order chi connectivity index (χ0) is 13.4. The molecule has 0 saturated heterocycles. The Balaban J connectivity index is 2.23. The van der Waals surface area contributed by atoms with Gasteiger partial charge in [0.2, 0.25) is 0 Å². The molecule has 1 aliphatic carbocycles. The minimum Gasteiger partial charge on any atom is -0.302 e. The first-order valence-electron chi connectivity index (χ1n) is 6.64. The smallest absolute Gasteiger partial charge is 0.103 e. The average molecular weight is 252 g/mol. The lowest BCUT2D eigenvalue weighted by molar-refractivity contribution is 0.655. The molecule has 0 aromatic carbocycles. The molecule has 0 aliphatic heterocycles. The van der Waals surface area contributed by atoms with Crippen LogP contribution in [0.25, 0.3) is 5.69 Å². The lowest BCUT2D eigenvalue weighted by Gasteiger charge is -2.16. The molecule has 0 N–H and O–H groups in total. The first-order chi connectivity index (χ1) is 9.20. The summed E-state index contributed by atoms with van der Waals surface area (Å²) in [6, 6.07) is 4.25. The van der Waals surface area contributed by atoms with E-state index >= 15 is 0 Å². The summed E-state index contributed by atoms with van der Waals surface area (Å²) in [5, 5.41) is 9.37. The van der Waals surface area contributed by atoms with Gasteiger partial charge in [0.25, 0.3) is 0 Å². The summed E-state index contributed by atoms with van der Waals surface area (Å²) in [6.07, 6.45) is 6.35. The summed E-state index contributed by atoms with van der Waals surface area (Å²) in [6.45, 7) is 3.85. The highest BCUT2D eigenvalue weighted by Gasteiger charge is 2.19. The number of fused-ring (bicyclic) bond motifs is 1. The molecule has 0 spiro atoms. The van der Waals surface area contributed by atoms with Crippen LogP contribution < -0.4 is 0 Å². The molecule has 0 unspecified atom stereocenters. The Labute approximate surface area is 112 Å². The number of nitriles is 1. The lowest BCUT2D eigenvalue weighted by atomic mass is 10.0. The van der Waals surface area contributed by atoms with Gasteiger partial charge in [0.1, 0.15) is 6.07 Å². The number of aryl methyl sites for hydroxylation is 3. The van der Waals surface area contributed by atoms with Crippen molar-refractivity contribution < 1.29 is 0 Å². The molecule has 0 amide bonds. The monoisotopic (exact) mass is 252 g/mol. The number of imidazole rings is 1. The summed E-state index contributed by atoms with van der Waals surface area (Å²) in [5.74, 6) is 0. The van der Waals surface area contributed by atoms with Crippen LogP contribution in [-0.4, -0.2) is 14.5 Å². The van der Waals surface area contributed by atoms with E-state index in [4.69, 9.17) is 0 Å².